The van der Waals surface area contributed by atoms with Gasteiger partial charge in [0.25, 0.3) is 0 Å². The van der Waals surface area contributed by atoms with Crippen LogP contribution in [-0.4, -0.2) is 41.9 Å². The lowest BCUT2D eigenvalue weighted by atomic mass is 10.1. The number of morpholine rings is 1. The summed E-state index contributed by atoms with van der Waals surface area (Å²) in [5, 5.41) is 4.37. The molecule has 4 rings (SSSR count). The second kappa shape index (κ2) is 8.23. The molecule has 5 heteroatoms. The molecule has 0 radical (unpaired) electrons. The minimum absolute atomic E-state index is 0.0445. The van der Waals surface area contributed by atoms with Crippen LogP contribution in [0.3, 0.4) is 0 Å². The second-order valence-corrected chi connectivity index (χ2v) is 6.78. The highest BCUT2D eigenvalue weighted by Gasteiger charge is 2.13. The molecule has 1 aromatic heterocycles. The number of carbonyl (C=O) groups is 1. The molecule has 0 atom stereocenters. The zero-order valence-corrected chi connectivity index (χ0v) is 15.9. The number of benzene rings is 2. The molecule has 142 valence electrons. The Morgan fingerprint density at radius 2 is 1.71 bits per heavy atom. The van der Waals surface area contributed by atoms with Crippen molar-refractivity contribution < 1.29 is 9.53 Å². The van der Waals surface area contributed by atoms with Crippen molar-refractivity contribution in [3.05, 3.63) is 83.7 Å². The average molecular weight is 373 g/mol. The molecule has 0 spiro atoms. The molecule has 3 aromatic rings. The van der Waals surface area contributed by atoms with Gasteiger partial charge < -0.3 is 9.64 Å². The Morgan fingerprint density at radius 3 is 2.43 bits per heavy atom. The fourth-order valence-corrected chi connectivity index (χ4v) is 3.36. The van der Waals surface area contributed by atoms with Crippen LogP contribution in [0, 0.1) is 6.92 Å². The van der Waals surface area contributed by atoms with E-state index in [-0.39, 0.29) is 5.78 Å². The Labute approximate surface area is 164 Å². The number of para-hydroxylation sites is 1. The third-order valence-electron chi connectivity index (χ3n) is 4.97. The van der Waals surface area contributed by atoms with Crippen molar-refractivity contribution in [3.8, 4) is 5.69 Å². The van der Waals surface area contributed by atoms with E-state index >= 15 is 0 Å². The number of ether oxygens (including phenoxy) is 1. The lowest BCUT2D eigenvalue weighted by Crippen LogP contribution is -2.36. The fraction of sp³-hybridized carbons (Fsp3) is 0.217. The van der Waals surface area contributed by atoms with Crippen molar-refractivity contribution in [1.82, 2.24) is 9.78 Å². The van der Waals surface area contributed by atoms with Crippen LogP contribution in [-0.2, 0) is 4.74 Å². The van der Waals surface area contributed by atoms with Gasteiger partial charge in [0.15, 0.2) is 5.78 Å². The number of nitrogens with zero attached hydrogens (tertiary/aromatic N) is 3. The molecule has 0 unspecified atom stereocenters. The van der Waals surface area contributed by atoms with Crippen LogP contribution in [0.1, 0.15) is 21.6 Å². The van der Waals surface area contributed by atoms with Gasteiger partial charge in [-0.1, -0.05) is 36.4 Å². The molecule has 0 aliphatic carbocycles. The highest BCUT2D eigenvalue weighted by Crippen LogP contribution is 2.18. The predicted molar refractivity (Wildman–Crippen MR) is 111 cm³/mol. The van der Waals surface area contributed by atoms with E-state index < -0.39 is 0 Å². The van der Waals surface area contributed by atoms with Gasteiger partial charge in [-0.3, -0.25) is 4.79 Å². The normalized spacial score (nSPS) is 14.5. The molecule has 28 heavy (non-hydrogen) atoms. The van der Waals surface area contributed by atoms with Crippen molar-refractivity contribution in [3.63, 3.8) is 0 Å². The summed E-state index contributed by atoms with van der Waals surface area (Å²) in [6, 6.07) is 18.1. The SMILES string of the molecule is Cc1c(C(=O)/C=C/c2ccc(N3CCOCC3)cc2)cnn1-c1ccccc1. The van der Waals surface area contributed by atoms with Gasteiger partial charge in [0.1, 0.15) is 0 Å². The van der Waals surface area contributed by atoms with E-state index in [1.165, 1.54) is 5.69 Å². The number of hydrogen-bond acceptors (Lipinski definition) is 4. The van der Waals surface area contributed by atoms with E-state index in [0.717, 1.165) is 43.2 Å². The zero-order chi connectivity index (χ0) is 19.3. The molecule has 2 aromatic carbocycles. The van der Waals surface area contributed by atoms with E-state index in [1.807, 2.05) is 55.5 Å². The molecule has 0 saturated carbocycles. The van der Waals surface area contributed by atoms with Gasteiger partial charge in [0.2, 0.25) is 0 Å². The van der Waals surface area contributed by atoms with Crippen molar-refractivity contribution in [2.24, 2.45) is 0 Å². The minimum atomic E-state index is -0.0445. The van der Waals surface area contributed by atoms with E-state index in [1.54, 1.807) is 17.0 Å². The van der Waals surface area contributed by atoms with Crippen LogP contribution in [0.5, 0.6) is 0 Å². The topological polar surface area (TPSA) is 47.4 Å². The van der Waals surface area contributed by atoms with E-state index in [2.05, 4.69) is 22.1 Å². The summed E-state index contributed by atoms with van der Waals surface area (Å²) < 4.78 is 7.18. The van der Waals surface area contributed by atoms with E-state index in [4.69, 9.17) is 4.74 Å². The Balaban J connectivity index is 1.46. The zero-order valence-electron chi connectivity index (χ0n) is 15.9. The number of allylic oxidation sites excluding steroid dienone is 1. The molecular formula is C23H23N3O2. The summed E-state index contributed by atoms with van der Waals surface area (Å²) in [6.07, 6.45) is 5.10. The van der Waals surface area contributed by atoms with Gasteiger partial charge in [0, 0.05) is 18.8 Å². The highest BCUT2D eigenvalue weighted by molar-refractivity contribution is 6.07. The standard InChI is InChI=1S/C23H23N3O2/c1-18-22(17-24-26(18)21-5-3-2-4-6-21)23(27)12-9-19-7-10-20(11-8-19)25-13-15-28-16-14-25/h2-12,17H,13-16H2,1H3/b12-9+. The van der Waals surface area contributed by atoms with Gasteiger partial charge in [0.05, 0.1) is 36.4 Å². The quantitative estimate of drug-likeness (QED) is 0.502. The third kappa shape index (κ3) is 3.89. The van der Waals surface area contributed by atoms with Gasteiger partial charge >= 0.3 is 0 Å². The van der Waals surface area contributed by atoms with Crippen molar-refractivity contribution in [2.75, 3.05) is 31.2 Å². The van der Waals surface area contributed by atoms with Crippen LogP contribution in [0.15, 0.2) is 66.9 Å². The molecule has 2 heterocycles. The molecule has 0 bridgehead atoms. The van der Waals surface area contributed by atoms with Crippen molar-refractivity contribution in [2.45, 2.75) is 6.92 Å². The minimum Gasteiger partial charge on any atom is -0.378 e. The first-order valence-corrected chi connectivity index (χ1v) is 9.47. The molecule has 1 aliphatic heterocycles. The smallest absolute Gasteiger partial charge is 0.189 e. The molecule has 1 saturated heterocycles. The highest BCUT2D eigenvalue weighted by atomic mass is 16.5. The maximum atomic E-state index is 12.6. The predicted octanol–water partition coefficient (Wildman–Crippen LogP) is 3.91. The lowest BCUT2D eigenvalue weighted by molar-refractivity contribution is 0.104. The van der Waals surface area contributed by atoms with Crippen LogP contribution >= 0.6 is 0 Å². The molecule has 0 N–H and O–H groups in total. The van der Waals surface area contributed by atoms with Gasteiger partial charge in [-0.05, 0) is 42.8 Å². The first-order valence-electron chi connectivity index (χ1n) is 9.47. The first kappa shape index (κ1) is 18.2. The average Bonchev–Trinajstić information content (AvgIpc) is 3.15. The van der Waals surface area contributed by atoms with Gasteiger partial charge in [-0.15, -0.1) is 0 Å². The number of rotatable bonds is 5. The maximum Gasteiger partial charge on any atom is 0.189 e. The lowest BCUT2D eigenvalue weighted by Gasteiger charge is -2.28. The molecule has 1 fully saturated rings. The molecular weight excluding hydrogens is 350 g/mol. The van der Waals surface area contributed by atoms with Crippen molar-refractivity contribution >= 4 is 17.5 Å². The molecule has 1 aliphatic rings. The number of carbonyl (C=O) groups excluding carboxylic acids is 1. The van der Waals surface area contributed by atoms with Gasteiger partial charge in [-0.25, -0.2) is 4.68 Å². The number of anilines is 1. The maximum absolute atomic E-state index is 12.6. The summed E-state index contributed by atoms with van der Waals surface area (Å²) in [5.41, 5.74) is 4.58. The summed E-state index contributed by atoms with van der Waals surface area (Å²) in [4.78, 5) is 14.9. The molecule has 5 nitrogen and oxygen atoms in total. The van der Waals surface area contributed by atoms with Crippen molar-refractivity contribution in [1.29, 1.82) is 0 Å². The monoisotopic (exact) mass is 373 g/mol. The van der Waals surface area contributed by atoms with E-state index in [0.29, 0.717) is 5.56 Å². The van der Waals surface area contributed by atoms with Gasteiger partial charge in [-0.2, -0.15) is 5.10 Å². The van der Waals surface area contributed by atoms with Crippen LogP contribution in [0.2, 0.25) is 0 Å². The van der Waals surface area contributed by atoms with Crippen LogP contribution < -0.4 is 4.90 Å². The fourth-order valence-electron chi connectivity index (χ4n) is 3.36. The van der Waals surface area contributed by atoms with Crippen LogP contribution in [0.4, 0.5) is 5.69 Å². The number of aromatic nitrogens is 2. The number of ketones is 1. The summed E-state index contributed by atoms with van der Waals surface area (Å²) in [7, 11) is 0. The molecule has 0 amide bonds. The number of hydrogen-bond donors (Lipinski definition) is 0. The largest absolute Gasteiger partial charge is 0.378 e. The third-order valence-corrected chi connectivity index (χ3v) is 4.97. The summed E-state index contributed by atoms with van der Waals surface area (Å²) >= 11 is 0. The Bertz CT molecular complexity index is 969. The van der Waals surface area contributed by atoms with Crippen LogP contribution in [0.25, 0.3) is 11.8 Å². The summed E-state index contributed by atoms with van der Waals surface area (Å²) in [6.45, 7) is 5.28. The Kier molecular flexibility index (Phi) is 5.35. The Hall–Kier alpha value is -3.18. The second-order valence-electron chi connectivity index (χ2n) is 6.78. The van der Waals surface area contributed by atoms with E-state index in [9.17, 15) is 4.79 Å². The summed E-state index contributed by atoms with van der Waals surface area (Å²) in [5.74, 6) is -0.0445. The first-order chi connectivity index (χ1) is 13.7. The Morgan fingerprint density at radius 1 is 1.00 bits per heavy atom.